The van der Waals surface area contributed by atoms with E-state index in [-0.39, 0.29) is 17.3 Å². The summed E-state index contributed by atoms with van der Waals surface area (Å²) in [7, 11) is -4.06. The zero-order valence-corrected chi connectivity index (χ0v) is 23.9. The van der Waals surface area contributed by atoms with Gasteiger partial charge in [-0.1, -0.05) is 87.9 Å². The second-order valence-corrected chi connectivity index (χ2v) is 11.3. The van der Waals surface area contributed by atoms with Gasteiger partial charge in [-0.2, -0.15) is 0 Å². The summed E-state index contributed by atoms with van der Waals surface area (Å²) in [5.41, 5.74) is 2.31. The molecule has 0 saturated heterocycles. The number of carbonyl (C=O) groups excluding carboxylic acids is 2. The number of nitrogens with one attached hydrogen (secondary N) is 1. The van der Waals surface area contributed by atoms with Crippen molar-refractivity contribution in [3.05, 3.63) is 96.1 Å². The summed E-state index contributed by atoms with van der Waals surface area (Å²) < 4.78 is 28.8. The maximum atomic E-state index is 14.0. The van der Waals surface area contributed by atoms with Crippen LogP contribution in [0.3, 0.4) is 0 Å². The molecule has 7 nitrogen and oxygen atoms in total. The van der Waals surface area contributed by atoms with Gasteiger partial charge in [0.15, 0.2) is 0 Å². The van der Waals surface area contributed by atoms with Gasteiger partial charge in [-0.3, -0.25) is 13.9 Å². The second-order valence-electron chi connectivity index (χ2n) is 9.42. The molecule has 1 atom stereocenters. The molecule has 0 unspecified atom stereocenters. The maximum absolute atomic E-state index is 14.0. The van der Waals surface area contributed by atoms with E-state index >= 15 is 0 Å². The van der Waals surface area contributed by atoms with Gasteiger partial charge >= 0.3 is 0 Å². The molecule has 0 aliphatic heterocycles. The molecule has 0 aliphatic rings. The van der Waals surface area contributed by atoms with Crippen molar-refractivity contribution in [2.75, 3.05) is 17.4 Å². The van der Waals surface area contributed by atoms with E-state index in [1.807, 2.05) is 63.2 Å². The maximum Gasteiger partial charge on any atom is 0.264 e. The molecule has 8 heteroatoms. The van der Waals surface area contributed by atoms with Crippen LogP contribution in [0.25, 0.3) is 0 Å². The molecular formula is C31H39N3O4S. The largest absolute Gasteiger partial charge is 0.354 e. The molecule has 39 heavy (non-hydrogen) atoms. The third-order valence-electron chi connectivity index (χ3n) is 6.65. The van der Waals surface area contributed by atoms with Crippen LogP contribution in [0, 0.1) is 0 Å². The van der Waals surface area contributed by atoms with Gasteiger partial charge in [0.1, 0.15) is 12.6 Å². The Balaban J connectivity index is 2.00. The molecule has 0 aromatic heterocycles. The second kappa shape index (κ2) is 14.5. The smallest absolute Gasteiger partial charge is 0.264 e. The number of nitrogens with zero attached hydrogens (tertiary/aromatic N) is 2. The van der Waals surface area contributed by atoms with Gasteiger partial charge in [-0.25, -0.2) is 8.42 Å². The third-order valence-corrected chi connectivity index (χ3v) is 8.44. The summed E-state index contributed by atoms with van der Waals surface area (Å²) in [4.78, 5) is 28.8. The van der Waals surface area contributed by atoms with Crippen LogP contribution in [-0.4, -0.2) is 44.3 Å². The molecule has 0 radical (unpaired) electrons. The molecule has 0 saturated carbocycles. The fourth-order valence-electron chi connectivity index (χ4n) is 4.35. The molecular weight excluding hydrogens is 510 g/mol. The molecule has 3 aromatic rings. The zero-order valence-electron chi connectivity index (χ0n) is 23.0. The van der Waals surface area contributed by atoms with E-state index in [2.05, 4.69) is 5.32 Å². The summed E-state index contributed by atoms with van der Waals surface area (Å²) in [6, 6.07) is 24.0. The Morgan fingerprint density at radius 1 is 0.821 bits per heavy atom. The van der Waals surface area contributed by atoms with Crippen molar-refractivity contribution in [3.8, 4) is 0 Å². The van der Waals surface area contributed by atoms with E-state index < -0.39 is 28.5 Å². The Bertz CT molecular complexity index is 1300. The number of unbranched alkanes of at least 4 members (excludes halogenated alkanes) is 1. The number of anilines is 1. The van der Waals surface area contributed by atoms with Crippen LogP contribution in [0.5, 0.6) is 0 Å². The van der Waals surface area contributed by atoms with Crippen molar-refractivity contribution in [3.63, 3.8) is 0 Å². The molecule has 0 bridgehead atoms. The monoisotopic (exact) mass is 549 g/mol. The van der Waals surface area contributed by atoms with Gasteiger partial charge < -0.3 is 10.2 Å². The van der Waals surface area contributed by atoms with Gasteiger partial charge in [0, 0.05) is 13.1 Å². The SMILES string of the molecule is CCCCNC(=O)[C@@H](CC)N(Cc1ccccc1)C(=O)CN(c1ccc(CC)cc1)S(=O)(=O)c1ccccc1. The predicted octanol–water partition coefficient (Wildman–Crippen LogP) is 5.17. The average Bonchev–Trinajstić information content (AvgIpc) is 2.96. The fourth-order valence-corrected chi connectivity index (χ4v) is 5.79. The van der Waals surface area contributed by atoms with E-state index in [1.54, 1.807) is 30.3 Å². The summed E-state index contributed by atoms with van der Waals surface area (Å²) in [6.07, 6.45) is 2.98. The number of hydrogen-bond donors (Lipinski definition) is 1. The molecule has 2 amide bonds. The van der Waals surface area contributed by atoms with Gasteiger partial charge in [0.25, 0.3) is 10.0 Å². The molecule has 1 N–H and O–H groups in total. The van der Waals surface area contributed by atoms with E-state index in [1.165, 1.54) is 17.0 Å². The van der Waals surface area contributed by atoms with Crippen molar-refractivity contribution >= 4 is 27.5 Å². The number of sulfonamides is 1. The topological polar surface area (TPSA) is 86.8 Å². The Kier molecular flexibility index (Phi) is 11.1. The third kappa shape index (κ3) is 7.93. The van der Waals surface area contributed by atoms with Crippen LogP contribution < -0.4 is 9.62 Å². The standard InChI is InChI=1S/C31H39N3O4S/c1-4-7-22-32-31(36)29(6-3)33(23-26-14-10-8-11-15-26)30(35)24-34(27-20-18-25(5-2)19-21-27)39(37,38)28-16-12-9-13-17-28/h8-21,29H,4-7,22-24H2,1-3H3,(H,32,36)/t29-/m1/s1. The highest BCUT2D eigenvalue weighted by atomic mass is 32.2. The predicted molar refractivity (Wildman–Crippen MR) is 156 cm³/mol. The zero-order chi connectivity index (χ0) is 28.3. The van der Waals surface area contributed by atoms with Crippen LogP contribution in [0.4, 0.5) is 5.69 Å². The Morgan fingerprint density at radius 2 is 1.44 bits per heavy atom. The first kappa shape index (κ1) is 29.9. The number of hydrogen-bond acceptors (Lipinski definition) is 4. The first-order valence-corrected chi connectivity index (χ1v) is 15.0. The Hall–Kier alpha value is -3.65. The molecule has 3 rings (SSSR count). The first-order chi connectivity index (χ1) is 18.8. The Morgan fingerprint density at radius 3 is 2.00 bits per heavy atom. The minimum Gasteiger partial charge on any atom is -0.354 e. The lowest BCUT2D eigenvalue weighted by molar-refractivity contribution is -0.140. The fraction of sp³-hybridized carbons (Fsp3) is 0.355. The first-order valence-electron chi connectivity index (χ1n) is 13.6. The molecule has 0 aliphatic carbocycles. The molecule has 0 spiro atoms. The number of carbonyl (C=O) groups is 2. The van der Waals surface area contributed by atoms with Crippen LogP contribution >= 0.6 is 0 Å². The lowest BCUT2D eigenvalue weighted by Crippen LogP contribution is -2.52. The highest BCUT2D eigenvalue weighted by molar-refractivity contribution is 7.92. The summed E-state index contributed by atoms with van der Waals surface area (Å²) in [6.45, 7) is 6.20. The Labute approximate surface area is 232 Å². The van der Waals surface area contributed by atoms with Crippen LogP contribution in [-0.2, 0) is 32.6 Å². The van der Waals surface area contributed by atoms with E-state index in [4.69, 9.17) is 0 Å². The normalized spacial score (nSPS) is 12.0. The summed E-state index contributed by atoms with van der Waals surface area (Å²) in [5.74, 6) is -0.685. The molecule has 0 fully saturated rings. The highest BCUT2D eigenvalue weighted by Crippen LogP contribution is 2.25. The van der Waals surface area contributed by atoms with Gasteiger partial charge in [-0.05, 0) is 54.7 Å². The van der Waals surface area contributed by atoms with Crippen LogP contribution in [0.1, 0.15) is 51.2 Å². The number of benzene rings is 3. The van der Waals surface area contributed by atoms with Crippen molar-refractivity contribution in [2.24, 2.45) is 0 Å². The van der Waals surface area contributed by atoms with E-state index in [0.717, 1.165) is 34.7 Å². The lowest BCUT2D eigenvalue weighted by atomic mass is 10.1. The van der Waals surface area contributed by atoms with Gasteiger partial charge in [0.2, 0.25) is 11.8 Å². The van der Waals surface area contributed by atoms with Crippen LogP contribution in [0.2, 0.25) is 0 Å². The van der Waals surface area contributed by atoms with E-state index in [9.17, 15) is 18.0 Å². The minimum atomic E-state index is -4.06. The average molecular weight is 550 g/mol. The molecule has 0 heterocycles. The van der Waals surface area contributed by atoms with Crippen molar-refractivity contribution in [1.82, 2.24) is 10.2 Å². The number of amides is 2. The van der Waals surface area contributed by atoms with Crippen molar-refractivity contribution in [1.29, 1.82) is 0 Å². The number of rotatable bonds is 14. The number of aryl methyl sites for hydroxylation is 1. The molecule has 208 valence electrons. The quantitative estimate of drug-likeness (QED) is 0.281. The van der Waals surface area contributed by atoms with Crippen molar-refractivity contribution in [2.45, 2.75) is 63.9 Å². The summed E-state index contributed by atoms with van der Waals surface area (Å²) >= 11 is 0. The lowest BCUT2D eigenvalue weighted by Gasteiger charge is -2.33. The van der Waals surface area contributed by atoms with E-state index in [0.29, 0.717) is 18.7 Å². The van der Waals surface area contributed by atoms with Crippen molar-refractivity contribution < 1.29 is 18.0 Å². The van der Waals surface area contributed by atoms with Gasteiger partial charge in [0.05, 0.1) is 10.6 Å². The summed E-state index contributed by atoms with van der Waals surface area (Å²) in [5, 5.41) is 2.94. The van der Waals surface area contributed by atoms with Crippen LogP contribution in [0.15, 0.2) is 89.8 Å². The highest BCUT2D eigenvalue weighted by Gasteiger charge is 2.33. The minimum absolute atomic E-state index is 0.0938. The van der Waals surface area contributed by atoms with Gasteiger partial charge in [-0.15, -0.1) is 0 Å². The molecule has 3 aromatic carbocycles.